The molecule has 1 aliphatic carbocycles. The standard InChI is InChI=1S/C22H24N2/c1-15-6-7-21(16(2)12-15)24-11-9-18-17-8-10-23(5)13-19(17)22(3,4)20(18)14-24/h6-14H,1-5H3/q+2. The van der Waals surface area contributed by atoms with E-state index < -0.39 is 0 Å². The molecule has 2 aromatic heterocycles. The summed E-state index contributed by atoms with van der Waals surface area (Å²) in [5.74, 6) is 0. The summed E-state index contributed by atoms with van der Waals surface area (Å²) in [4.78, 5) is 0. The van der Waals surface area contributed by atoms with E-state index in [0.717, 1.165) is 0 Å². The van der Waals surface area contributed by atoms with Gasteiger partial charge in [-0.3, -0.25) is 0 Å². The van der Waals surface area contributed by atoms with Gasteiger partial charge < -0.3 is 0 Å². The molecule has 24 heavy (non-hydrogen) atoms. The average Bonchev–Trinajstić information content (AvgIpc) is 2.75. The molecule has 2 heterocycles. The second-order valence-corrected chi connectivity index (χ2v) is 7.53. The van der Waals surface area contributed by atoms with Gasteiger partial charge in [-0.2, -0.15) is 4.57 Å². The SMILES string of the molecule is Cc1ccc(-[n+]2ccc3c(c2)C(C)(C)c2c[n+](C)ccc2-3)c(C)c1. The second kappa shape index (κ2) is 5.01. The van der Waals surface area contributed by atoms with Crippen LogP contribution in [0.2, 0.25) is 0 Å². The van der Waals surface area contributed by atoms with Gasteiger partial charge in [-0.1, -0.05) is 25.5 Å². The van der Waals surface area contributed by atoms with Crippen LogP contribution in [0.25, 0.3) is 16.8 Å². The first kappa shape index (κ1) is 15.1. The van der Waals surface area contributed by atoms with Gasteiger partial charge in [0.15, 0.2) is 24.8 Å². The summed E-state index contributed by atoms with van der Waals surface area (Å²) in [5, 5.41) is 0. The third-order valence-electron chi connectivity index (χ3n) is 5.33. The van der Waals surface area contributed by atoms with Gasteiger partial charge in [0.25, 0.3) is 0 Å². The lowest BCUT2D eigenvalue weighted by molar-refractivity contribution is -0.671. The Morgan fingerprint density at radius 2 is 1.50 bits per heavy atom. The van der Waals surface area contributed by atoms with Gasteiger partial charge in [-0.15, -0.1) is 0 Å². The lowest BCUT2D eigenvalue weighted by atomic mass is 9.84. The Hall–Kier alpha value is -2.48. The van der Waals surface area contributed by atoms with E-state index in [1.54, 1.807) is 0 Å². The number of aromatic nitrogens is 2. The van der Waals surface area contributed by atoms with E-state index in [1.807, 2.05) is 0 Å². The molecule has 0 radical (unpaired) electrons. The van der Waals surface area contributed by atoms with Crippen molar-refractivity contribution in [2.45, 2.75) is 33.1 Å². The molecule has 0 saturated heterocycles. The zero-order valence-electron chi connectivity index (χ0n) is 15.1. The summed E-state index contributed by atoms with van der Waals surface area (Å²) in [6.45, 7) is 8.97. The van der Waals surface area contributed by atoms with Gasteiger partial charge in [0, 0.05) is 40.3 Å². The first-order chi connectivity index (χ1) is 11.4. The zero-order valence-corrected chi connectivity index (χ0v) is 15.1. The van der Waals surface area contributed by atoms with Gasteiger partial charge in [0.05, 0.1) is 0 Å². The molecule has 0 atom stereocenters. The lowest BCUT2D eigenvalue weighted by Crippen LogP contribution is -2.33. The van der Waals surface area contributed by atoms with Crippen molar-refractivity contribution in [3.63, 3.8) is 0 Å². The average molecular weight is 316 g/mol. The summed E-state index contributed by atoms with van der Waals surface area (Å²) in [6, 6.07) is 11.1. The van der Waals surface area contributed by atoms with Gasteiger partial charge in [0.2, 0.25) is 5.69 Å². The highest BCUT2D eigenvalue weighted by Gasteiger charge is 2.39. The van der Waals surface area contributed by atoms with Crippen molar-refractivity contribution in [3.8, 4) is 16.8 Å². The number of hydrogen-bond donors (Lipinski definition) is 0. The molecule has 120 valence electrons. The van der Waals surface area contributed by atoms with Crippen LogP contribution in [0.5, 0.6) is 0 Å². The molecule has 0 bridgehead atoms. The van der Waals surface area contributed by atoms with Crippen molar-refractivity contribution in [2.75, 3.05) is 0 Å². The molecule has 0 fully saturated rings. The highest BCUT2D eigenvalue weighted by Crippen LogP contribution is 2.47. The first-order valence-electron chi connectivity index (χ1n) is 8.51. The fraction of sp³-hybridized carbons (Fsp3) is 0.273. The Labute approximate surface area is 144 Å². The predicted octanol–water partition coefficient (Wildman–Crippen LogP) is 3.71. The maximum absolute atomic E-state index is 2.32. The van der Waals surface area contributed by atoms with Crippen LogP contribution in [0.1, 0.15) is 36.1 Å². The molecular formula is C22H24N2+2. The molecule has 0 saturated carbocycles. The maximum atomic E-state index is 2.32. The number of benzene rings is 1. The van der Waals surface area contributed by atoms with Gasteiger partial charge in [0.1, 0.15) is 7.05 Å². The molecule has 0 spiro atoms. The molecule has 0 amide bonds. The molecule has 2 heteroatoms. The molecule has 4 rings (SSSR count). The van der Waals surface area contributed by atoms with Crippen LogP contribution >= 0.6 is 0 Å². The van der Waals surface area contributed by atoms with Crippen molar-refractivity contribution >= 4 is 0 Å². The van der Waals surface area contributed by atoms with Crippen molar-refractivity contribution in [2.24, 2.45) is 7.05 Å². The van der Waals surface area contributed by atoms with Crippen LogP contribution in [0.4, 0.5) is 0 Å². The highest BCUT2D eigenvalue weighted by atomic mass is 14.9. The summed E-state index contributed by atoms with van der Waals surface area (Å²) in [5.41, 5.74) is 9.40. The molecular weight excluding hydrogens is 292 g/mol. The highest BCUT2D eigenvalue weighted by molar-refractivity contribution is 5.78. The Balaban J connectivity index is 1.92. The summed E-state index contributed by atoms with van der Waals surface area (Å²) in [7, 11) is 2.09. The van der Waals surface area contributed by atoms with E-state index in [2.05, 4.69) is 99.0 Å². The molecule has 0 unspecified atom stereocenters. The van der Waals surface area contributed by atoms with Crippen molar-refractivity contribution in [3.05, 3.63) is 77.4 Å². The molecule has 0 aliphatic heterocycles. The summed E-state index contributed by atoms with van der Waals surface area (Å²) in [6.07, 6.45) is 8.90. The van der Waals surface area contributed by atoms with E-state index in [1.165, 1.54) is 39.1 Å². The van der Waals surface area contributed by atoms with E-state index in [0.29, 0.717) is 0 Å². The summed E-state index contributed by atoms with van der Waals surface area (Å²) >= 11 is 0. The Bertz CT molecular complexity index is 968. The van der Waals surface area contributed by atoms with Gasteiger partial charge in [-0.25, -0.2) is 4.57 Å². The van der Waals surface area contributed by atoms with Crippen LogP contribution in [0.3, 0.4) is 0 Å². The fourth-order valence-corrected chi connectivity index (χ4v) is 3.95. The minimum absolute atomic E-state index is 0.0191. The van der Waals surface area contributed by atoms with Crippen LogP contribution in [-0.4, -0.2) is 0 Å². The smallest absolute Gasteiger partial charge is 0.207 e. The van der Waals surface area contributed by atoms with Crippen molar-refractivity contribution in [1.29, 1.82) is 0 Å². The molecule has 0 N–H and O–H groups in total. The molecule has 3 aromatic rings. The quantitative estimate of drug-likeness (QED) is 0.605. The van der Waals surface area contributed by atoms with E-state index in [-0.39, 0.29) is 5.41 Å². The lowest BCUT2D eigenvalue weighted by Gasteiger charge is -2.18. The third kappa shape index (κ3) is 2.10. The van der Waals surface area contributed by atoms with Gasteiger partial charge >= 0.3 is 0 Å². The first-order valence-corrected chi connectivity index (χ1v) is 8.51. The second-order valence-electron chi connectivity index (χ2n) is 7.53. The van der Waals surface area contributed by atoms with E-state index in [9.17, 15) is 0 Å². The number of rotatable bonds is 1. The van der Waals surface area contributed by atoms with E-state index in [4.69, 9.17) is 0 Å². The molecule has 1 aliphatic rings. The van der Waals surface area contributed by atoms with Crippen LogP contribution in [0, 0.1) is 13.8 Å². The van der Waals surface area contributed by atoms with Gasteiger partial charge in [-0.05, 0) is 31.0 Å². The normalized spacial score (nSPS) is 14.4. The molecule has 2 nitrogen and oxygen atoms in total. The minimum Gasteiger partial charge on any atom is -0.207 e. The van der Waals surface area contributed by atoms with E-state index >= 15 is 0 Å². The number of fused-ring (bicyclic) bond motifs is 3. The number of hydrogen-bond acceptors (Lipinski definition) is 0. The van der Waals surface area contributed by atoms with Crippen LogP contribution < -0.4 is 9.13 Å². The maximum Gasteiger partial charge on any atom is 0.213 e. The Morgan fingerprint density at radius 1 is 0.833 bits per heavy atom. The monoisotopic (exact) mass is 316 g/mol. The molecule has 1 aromatic carbocycles. The largest absolute Gasteiger partial charge is 0.213 e. The topological polar surface area (TPSA) is 7.76 Å². The number of aryl methyl sites for hydroxylation is 3. The summed E-state index contributed by atoms with van der Waals surface area (Å²) < 4.78 is 4.41. The minimum atomic E-state index is 0.0191. The van der Waals surface area contributed by atoms with Crippen molar-refractivity contribution < 1.29 is 9.13 Å². The van der Waals surface area contributed by atoms with Crippen LogP contribution in [0.15, 0.2) is 55.1 Å². The zero-order chi connectivity index (χ0) is 17.1. The Kier molecular flexibility index (Phi) is 3.14. The number of pyridine rings is 2. The van der Waals surface area contributed by atoms with Crippen LogP contribution in [-0.2, 0) is 12.5 Å². The fourth-order valence-electron chi connectivity index (χ4n) is 3.95. The van der Waals surface area contributed by atoms with Crippen molar-refractivity contribution in [1.82, 2.24) is 0 Å². The predicted molar refractivity (Wildman–Crippen MR) is 96.2 cm³/mol. The Morgan fingerprint density at radius 3 is 2.21 bits per heavy atom. The third-order valence-corrected chi connectivity index (χ3v) is 5.33. The number of nitrogens with zero attached hydrogens (tertiary/aromatic N) is 2.